The third kappa shape index (κ3) is 4.33. The maximum Gasteiger partial charge on any atom is 0.474 e. The van der Waals surface area contributed by atoms with Gasteiger partial charge in [-0.1, -0.05) is 12.1 Å². The Morgan fingerprint density at radius 1 is 0.857 bits per heavy atom. The summed E-state index contributed by atoms with van der Waals surface area (Å²) in [7, 11) is -0.431. The Morgan fingerprint density at radius 3 is 1.79 bits per heavy atom. The van der Waals surface area contributed by atoms with Gasteiger partial charge in [0, 0.05) is 29.2 Å². The molecule has 0 radical (unpaired) electrons. The zero-order chi connectivity index (χ0) is 20.1. The molecule has 0 fully saturated rings. The molecule has 0 bridgehead atoms. The summed E-state index contributed by atoms with van der Waals surface area (Å²) in [5, 5.41) is 0. The Balaban J connectivity index is 1.96. The molecule has 1 aliphatic rings. The first-order valence-electron chi connectivity index (χ1n) is 9.11. The number of phosphoric acid groups is 1. The van der Waals surface area contributed by atoms with Crippen LogP contribution in [0.4, 0.5) is 0 Å². The molecule has 0 spiro atoms. The number of hydrogen-bond donors (Lipinski definition) is 0. The van der Waals surface area contributed by atoms with Crippen LogP contribution in [0.2, 0.25) is 0 Å². The highest BCUT2D eigenvalue weighted by Crippen LogP contribution is 2.53. The van der Waals surface area contributed by atoms with Gasteiger partial charge in [0.05, 0.1) is 34.0 Å². The van der Waals surface area contributed by atoms with Crippen molar-refractivity contribution in [2.45, 2.75) is 19.8 Å². The van der Waals surface area contributed by atoms with Gasteiger partial charge in [-0.15, -0.1) is 0 Å². The molecule has 28 heavy (non-hydrogen) atoms. The fourth-order valence-corrected chi connectivity index (χ4v) is 4.28. The van der Waals surface area contributed by atoms with Crippen LogP contribution in [0.3, 0.4) is 0 Å². The van der Waals surface area contributed by atoms with Gasteiger partial charge in [-0.05, 0) is 26.0 Å². The molecule has 1 aliphatic heterocycles. The lowest BCUT2D eigenvalue weighted by molar-refractivity contribution is 0.118. The monoisotopic (exact) mass is 408 g/mol. The molecule has 0 N–H and O–H groups in total. The summed E-state index contributed by atoms with van der Waals surface area (Å²) < 4.78 is 45.6. The Kier molecular flexibility index (Phi) is 6.62. The Labute approximate surface area is 165 Å². The van der Waals surface area contributed by atoms with Crippen LogP contribution in [-0.4, -0.2) is 34.0 Å². The third-order valence-electron chi connectivity index (χ3n) is 4.39. The molecule has 0 aromatic heterocycles. The van der Waals surface area contributed by atoms with E-state index in [2.05, 4.69) is 0 Å². The second-order valence-corrected chi connectivity index (χ2v) is 7.71. The van der Waals surface area contributed by atoms with Gasteiger partial charge in [-0.25, -0.2) is 4.57 Å². The topological polar surface area (TPSA) is 72.5 Å². The molecule has 0 aliphatic carbocycles. The first-order chi connectivity index (χ1) is 13.5. The van der Waals surface area contributed by atoms with Crippen molar-refractivity contribution in [2.24, 2.45) is 0 Å². The van der Waals surface area contributed by atoms with Crippen molar-refractivity contribution in [1.29, 1.82) is 0 Å². The molecular formula is C20H25O7P. The van der Waals surface area contributed by atoms with Crippen molar-refractivity contribution in [3.8, 4) is 23.0 Å². The smallest absolute Gasteiger partial charge is 0.474 e. The highest BCUT2D eigenvalue weighted by Gasteiger charge is 2.33. The number of benzene rings is 2. The predicted octanol–water partition coefficient (Wildman–Crippen LogP) is 5.14. The van der Waals surface area contributed by atoms with E-state index in [0.29, 0.717) is 23.0 Å². The number of methoxy groups -OCH3 is 2. The van der Waals surface area contributed by atoms with Gasteiger partial charge in [-0.2, -0.15) is 0 Å². The van der Waals surface area contributed by atoms with E-state index in [1.54, 1.807) is 28.1 Å². The first kappa shape index (κ1) is 20.7. The van der Waals surface area contributed by atoms with Crippen molar-refractivity contribution in [1.82, 2.24) is 0 Å². The lowest BCUT2D eigenvalue weighted by Crippen LogP contribution is -2.16. The zero-order valence-corrected chi connectivity index (χ0v) is 17.4. The van der Waals surface area contributed by atoms with Crippen LogP contribution in [0.15, 0.2) is 36.4 Å². The molecule has 1 heterocycles. The van der Waals surface area contributed by atoms with Gasteiger partial charge in [0.25, 0.3) is 0 Å². The van der Waals surface area contributed by atoms with Gasteiger partial charge in [0.15, 0.2) is 0 Å². The van der Waals surface area contributed by atoms with Crippen LogP contribution in [0.1, 0.15) is 30.9 Å². The average molecular weight is 408 g/mol. The summed E-state index contributed by atoms with van der Waals surface area (Å²) in [6, 6.07) is 11.2. The molecule has 0 unspecified atom stereocenters. The van der Waals surface area contributed by atoms with Crippen molar-refractivity contribution < 1.29 is 32.3 Å². The minimum absolute atomic E-state index is 0.110. The number of rotatable bonds is 9. The van der Waals surface area contributed by atoms with Gasteiger partial charge >= 0.3 is 7.82 Å². The van der Waals surface area contributed by atoms with E-state index in [4.69, 9.17) is 27.8 Å². The predicted molar refractivity (Wildman–Crippen MR) is 105 cm³/mol. The minimum atomic E-state index is -3.63. The van der Waals surface area contributed by atoms with E-state index in [0.717, 1.165) is 11.1 Å². The fourth-order valence-electron chi connectivity index (χ4n) is 3.10. The largest absolute Gasteiger partial charge is 0.497 e. The summed E-state index contributed by atoms with van der Waals surface area (Å²) in [6.45, 7) is 4.05. The second kappa shape index (κ2) is 8.97. The summed E-state index contributed by atoms with van der Waals surface area (Å²) in [5.41, 5.74) is 1.80. The Bertz CT molecular complexity index is 804. The molecule has 8 heteroatoms. The van der Waals surface area contributed by atoms with Crippen molar-refractivity contribution in [3.63, 3.8) is 0 Å². The number of ether oxygens (including phenoxy) is 3. The highest BCUT2D eigenvalue weighted by atomic mass is 31.2. The molecule has 3 rings (SSSR count). The molecule has 0 saturated carbocycles. The Hall–Kier alpha value is -2.05. The molecule has 0 saturated heterocycles. The van der Waals surface area contributed by atoms with Crippen LogP contribution in [-0.2, 0) is 18.1 Å². The highest BCUT2D eigenvalue weighted by molar-refractivity contribution is 7.48. The van der Waals surface area contributed by atoms with E-state index >= 15 is 0 Å². The quantitative estimate of drug-likeness (QED) is 0.532. The molecule has 2 aromatic rings. The number of phosphoric ester groups is 1. The van der Waals surface area contributed by atoms with E-state index in [9.17, 15) is 4.57 Å². The molecule has 0 atom stereocenters. The van der Waals surface area contributed by atoms with Crippen molar-refractivity contribution >= 4 is 7.82 Å². The third-order valence-corrected chi connectivity index (χ3v) is 6.00. The van der Waals surface area contributed by atoms with E-state index in [1.807, 2.05) is 36.4 Å². The van der Waals surface area contributed by atoms with E-state index in [-0.39, 0.29) is 25.7 Å². The zero-order valence-electron chi connectivity index (χ0n) is 16.5. The summed E-state index contributed by atoms with van der Waals surface area (Å²) in [5.74, 6) is 2.44. The molecule has 7 nitrogen and oxygen atoms in total. The summed E-state index contributed by atoms with van der Waals surface area (Å²) in [4.78, 5) is 0. The second-order valence-electron chi connectivity index (χ2n) is 6.04. The lowest BCUT2D eigenvalue weighted by atomic mass is 9.88. The van der Waals surface area contributed by atoms with Crippen LogP contribution in [0.25, 0.3) is 0 Å². The minimum Gasteiger partial charge on any atom is -0.497 e. The van der Waals surface area contributed by atoms with Gasteiger partial charge in [0.1, 0.15) is 23.0 Å². The first-order valence-corrected chi connectivity index (χ1v) is 10.6. The fraction of sp³-hybridized carbons (Fsp3) is 0.400. The lowest BCUT2D eigenvalue weighted by Gasteiger charge is -2.29. The van der Waals surface area contributed by atoms with Crippen molar-refractivity contribution in [2.75, 3.05) is 34.0 Å². The van der Waals surface area contributed by atoms with Crippen molar-refractivity contribution in [3.05, 3.63) is 47.5 Å². The van der Waals surface area contributed by atoms with Crippen LogP contribution in [0, 0.1) is 0 Å². The van der Waals surface area contributed by atoms with E-state index < -0.39 is 7.82 Å². The maximum absolute atomic E-state index is 12.7. The number of hydrogen-bond acceptors (Lipinski definition) is 7. The average Bonchev–Trinajstić information content (AvgIpc) is 2.70. The normalized spacial score (nSPS) is 13.4. The standard InChI is InChI=1S/C20H25O7P/c1-5-24-28(21,25-6-2)26-13-18-16-9-7-14(22-3)11-19(16)27-20-12-15(23-4)8-10-17(18)20/h7-12,18H,5-6,13H2,1-4H3. The summed E-state index contributed by atoms with van der Waals surface area (Å²) >= 11 is 0. The van der Waals surface area contributed by atoms with Crippen LogP contribution < -0.4 is 14.2 Å². The van der Waals surface area contributed by atoms with Gasteiger partial charge in [0.2, 0.25) is 0 Å². The molecule has 0 amide bonds. The SMILES string of the molecule is CCOP(=O)(OCC)OCC1c2ccc(OC)cc2Oc2cc(OC)ccc21. The van der Waals surface area contributed by atoms with Crippen LogP contribution in [0.5, 0.6) is 23.0 Å². The van der Waals surface area contributed by atoms with E-state index in [1.165, 1.54) is 0 Å². The summed E-state index contributed by atoms with van der Waals surface area (Å²) in [6.07, 6.45) is 0. The molecule has 152 valence electrons. The molecule has 2 aromatic carbocycles. The maximum atomic E-state index is 12.7. The van der Waals surface area contributed by atoms with Crippen LogP contribution >= 0.6 is 7.82 Å². The number of fused-ring (bicyclic) bond motifs is 2. The Morgan fingerprint density at radius 2 is 1.36 bits per heavy atom. The van der Waals surface area contributed by atoms with Gasteiger partial charge < -0.3 is 14.2 Å². The molecular weight excluding hydrogens is 383 g/mol. The van der Waals surface area contributed by atoms with Gasteiger partial charge in [-0.3, -0.25) is 13.6 Å².